The fourth-order valence-corrected chi connectivity index (χ4v) is 3.58. The van der Waals surface area contributed by atoms with Gasteiger partial charge in [0.15, 0.2) is 0 Å². The molecular formula is C22H17IN2O3. The molecule has 0 N–H and O–H groups in total. The van der Waals surface area contributed by atoms with Gasteiger partial charge in [-0.3, -0.25) is 4.99 Å². The summed E-state index contributed by atoms with van der Waals surface area (Å²) in [6.07, 6.45) is 3.93. The zero-order valence-electron chi connectivity index (χ0n) is 15.1. The number of aliphatic imine (C=N–C) groups is 1. The van der Waals surface area contributed by atoms with Crippen molar-refractivity contribution in [1.29, 1.82) is 0 Å². The summed E-state index contributed by atoms with van der Waals surface area (Å²) in [5.41, 5.74) is 3.01. The van der Waals surface area contributed by atoms with Crippen LogP contribution in [0.5, 0.6) is 0 Å². The lowest BCUT2D eigenvalue weighted by molar-refractivity contribution is 0.0563. The smallest absolute Gasteiger partial charge is 0.373 e. The number of nitrogens with zero attached hydrogens (tertiary/aromatic N) is 2. The second-order valence-electron chi connectivity index (χ2n) is 6.23. The highest BCUT2D eigenvalue weighted by Gasteiger charge is 2.13. The summed E-state index contributed by atoms with van der Waals surface area (Å²) < 4.78 is 13.5. The van der Waals surface area contributed by atoms with Gasteiger partial charge in [-0.25, -0.2) is 4.79 Å². The number of aromatic nitrogens is 1. The second-order valence-corrected chi connectivity index (χ2v) is 7.47. The van der Waals surface area contributed by atoms with Crippen LogP contribution >= 0.6 is 22.6 Å². The molecule has 28 heavy (non-hydrogen) atoms. The topological polar surface area (TPSA) is 56.7 Å². The number of carbonyl (C=O) groups is 1. The Bertz CT molecular complexity index is 1170. The van der Waals surface area contributed by atoms with Crippen LogP contribution in [0.4, 0.5) is 5.69 Å². The van der Waals surface area contributed by atoms with Crippen molar-refractivity contribution in [3.8, 4) is 0 Å². The number of para-hydroxylation sites is 1. The number of rotatable bonds is 5. The summed E-state index contributed by atoms with van der Waals surface area (Å²) in [6, 6.07) is 19.6. The second kappa shape index (κ2) is 8.02. The van der Waals surface area contributed by atoms with Crippen LogP contribution in [-0.4, -0.2) is 23.9 Å². The largest absolute Gasteiger partial charge is 0.463 e. The zero-order valence-corrected chi connectivity index (χ0v) is 17.3. The van der Waals surface area contributed by atoms with E-state index < -0.39 is 5.97 Å². The number of carbonyl (C=O) groups excluding carboxylic acids is 1. The number of benzene rings is 2. The Kier molecular flexibility index (Phi) is 5.29. The van der Waals surface area contributed by atoms with E-state index in [9.17, 15) is 4.79 Å². The third-order valence-electron chi connectivity index (χ3n) is 4.35. The molecule has 0 aliphatic rings. The van der Waals surface area contributed by atoms with Crippen LogP contribution in [0.1, 0.15) is 21.9 Å². The molecule has 140 valence electrons. The van der Waals surface area contributed by atoms with Crippen molar-refractivity contribution >= 4 is 51.4 Å². The van der Waals surface area contributed by atoms with Gasteiger partial charge in [-0.2, -0.15) is 0 Å². The van der Waals surface area contributed by atoms with E-state index in [1.54, 1.807) is 12.1 Å². The number of methoxy groups -OCH3 is 1. The van der Waals surface area contributed by atoms with Crippen molar-refractivity contribution in [3.63, 3.8) is 0 Å². The number of hydrogen-bond donors (Lipinski definition) is 0. The standard InChI is InChI=1S/C22H17IN2O3/c1-27-22(26)21-10-9-18(28-21)14-25-13-15(19-7-2-3-8-20(19)25)12-24-17-6-4-5-16(23)11-17/h2-13H,14H2,1H3. The highest BCUT2D eigenvalue weighted by molar-refractivity contribution is 14.1. The van der Waals surface area contributed by atoms with Gasteiger partial charge < -0.3 is 13.7 Å². The van der Waals surface area contributed by atoms with E-state index >= 15 is 0 Å². The average molecular weight is 484 g/mol. The predicted octanol–water partition coefficient (Wildman–Crippen LogP) is 5.42. The minimum absolute atomic E-state index is 0.203. The van der Waals surface area contributed by atoms with Crippen molar-refractivity contribution in [3.05, 3.63) is 87.5 Å². The Balaban J connectivity index is 1.66. The molecule has 0 aliphatic heterocycles. The van der Waals surface area contributed by atoms with E-state index in [2.05, 4.69) is 44.3 Å². The lowest BCUT2D eigenvalue weighted by atomic mass is 10.2. The molecular weight excluding hydrogens is 467 g/mol. The quantitative estimate of drug-likeness (QED) is 0.216. The minimum atomic E-state index is -0.478. The maximum Gasteiger partial charge on any atom is 0.373 e. The van der Waals surface area contributed by atoms with Gasteiger partial charge in [-0.15, -0.1) is 0 Å². The SMILES string of the molecule is COC(=O)c1ccc(Cn2cc(C=Nc3cccc(I)c3)c3ccccc32)o1. The molecule has 5 nitrogen and oxygen atoms in total. The number of furan rings is 1. The van der Waals surface area contributed by atoms with Gasteiger partial charge >= 0.3 is 5.97 Å². The van der Waals surface area contributed by atoms with Crippen molar-refractivity contribution in [2.75, 3.05) is 7.11 Å². The molecule has 0 atom stereocenters. The van der Waals surface area contributed by atoms with E-state index in [0.29, 0.717) is 12.3 Å². The molecule has 6 heteroatoms. The van der Waals surface area contributed by atoms with Crippen LogP contribution in [-0.2, 0) is 11.3 Å². The van der Waals surface area contributed by atoms with E-state index in [1.807, 2.05) is 48.8 Å². The molecule has 4 rings (SSSR count). The monoisotopic (exact) mass is 484 g/mol. The third-order valence-corrected chi connectivity index (χ3v) is 5.03. The first kappa shape index (κ1) is 18.5. The van der Waals surface area contributed by atoms with E-state index in [1.165, 1.54) is 7.11 Å². The highest BCUT2D eigenvalue weighted by atomic mass is 127. The Labute approximate surface area is 175 Å². The number of hydrogen-bond acceptors (Lipinski definition) is 4. The predicted molar refractivity (Wildman–Crippen MR) is 118 cm³/mol. The van der Waals surface area contributed by atoms with E-state index in [0.717, 1.165) is 25.7 Å². The van der Waals surface area contributed by atoms with Crippen molar-refractivity contribution in [1.82, 2.24) is 4.57 Å². The first-order chi connectivity index (χ1) is 13.6. The fraction of sp³-hybridized carbons (Fsp3) is 0.0909. The molecule has 0 aliphatic carbocycles. The van der Waals surface area contributed by atoms with Gasteiger partial charge in [0.2, 0.25) is 5.76 Å². The molecule has 0 bridgehead atoms. The van der Waals surface area contributed by atoms with Gasteiger partial charge in [0.1, 0.15) is 5.76 Å². The molecule has 0 unspecified atom stereocenters. The number of ether oxygens (including phenoxy) is 1. The third kappa shape index (κ3) is 3.87. The van der Waals surface area contributed by atoms with Crippen LogP contribution in [0.3, 0.4) is 0 Å². The lowest BCUT2D eigenvalue weighted by Gasteiger charge is -2.02. The summed E-state index contributed by atoms with van der Waals surface area (Å²) in [7, 11) is 1.34. The molecule has 0 saturated heterocycles. The first-order valence-corrected chi connectivity index (χ1v) is 9.76. The van der Waals surface area contributed by atoms with Crippen LogP contribution in [0.2, 0.25) is 0 Å². The molecule has 0 radical (unpaired) electrons. The zero-order chi connectivity index (χ0) is 19.5. The van der Waals surface area contributed by atoms with Crippen LogP contribution < -0.4 is 0 Å². The highest BCUT2D eigenvalue weighted by Crippen LogP contribution is 2.23. The van der Waals surface area contributed by atoms with E-state index in [-0.39, 0.29) is 5.76 Å². The van der Waals surface area contributed by atoms with Gasteiger partial charge in [-0.1, -0.05) is 24.3 Å². The molecule has 2 aromatic heterocycles. The fourth-order valence-electron chi connectivity index (χ4n) is 3.05. The molecule has 0 spiro atoms. The Morgan fingerprint density at radius 2 is 2.04 bits per heavy atom. The van der Waals surface area contributed by atoms with Crippen molar-refractivity contribution < 1.29 is 13.9 Å². The number of halogens is 1. The minimum Gasteiger partial charge on any atom is -0.463 e. The summed E-state index contributed by atoms with van der Waals surface area (Å²) in [6.45, 7) is 0.509. The van der Waals surface area contributed by atoms with Gasteiger partial charge in [0.25, 0.3) is 0 Å². The first-order valence-electron chi connectivity index (χ1n) is 8.68. The molecule has 4 aromatic rings. The molecule has 2 aromatic carbocycles. The molecule has 0 fully saturated rings. The summed E-state index contributed by atoms with van der Waals surface area (Å²) in [4.78, 5) is 16.2. The van der Waals surface area contributed by atoms with E-state index in [4.69, 9.17) is 9.15 Å². The molecule has 2 heterocycles. The number of fused-ring (bicyclic) bond motifs is 1. The van der Waals surface area contributed by atoms with Gasteiger partial charge in [0, 0.05) is 32.4 Å². The van der Waals surface area contributed by atoms with Crippen molar-refractivity contribution in [2.45, 2.75) is 6.54 Å². The maximum absolute atomic E-state index is 11.6. The molecule has 0 saturated carbocycles. The van der Waals surface area contributed by atoms with Crippen LogP contribution in [0.25, 0.3) is 10.9 Å². The lowest BCUT2D eigenvalue weighted by Crippen LogP contribution is -1.99. The normalized spacial score (nSPS) is 11.4. The summed E-state index contributed by atoms with van der Waals surface area (Å²) >= 11 is 2.28. The van der Waals surface area contributed by atoms with Crippen LogP contribution in [0.15, 0.2) is 76.3 Å². The summed E-state index contributed by atoms with van der Waals surface area (Å²) in [5, 5.41) is 1.11. The van der Waals surface area contributed by atoms with Crippen LogP contribution in [0, 0.1) is 3.57 Å². The average Bonchev–Trinajstić information content (AvgIpc) is 3.31. The molecule has 0 amide bonds. The number of esters is 1. The Hall–Kier alpha value is -2.87. The Morgan fingerprint density at radius 3 is 2.86 bits per heavy atom. The maximum atomic E-state index is 11.6. The Morgan fingerprint density at radius 1 is 1.18 bits per heavy atom. The summed E-state index contributed by atoms with van der Waals surface area (Å²) in [5.74, 6) is 0.408. The van der Waals surface area contributed by atoms with Gasteiger partial charge in [-0.05, 0) is 59.0 Å². The van der Waals surface area contributed by atoms with Gasteiger partial charge in [0.05, 0.1) is 19.3 Å². The van der Waals surface area contributed by atoms with Crippen molar-refractivity contribution in [2.24, 2.45) is 4.99 Å².